The molecule has 0 unspecified atom stereocenters. The van der Waals surface area contributed by atoms with Crippen LogP contribution in [0.4, 0.5) is 4.79 Å². The molecule has 4 N–H and O–H groups in total. The molecule has 1 aromatic heterocycles. The van der Waals surface area contributed by atoms with Crippen molar-refractivity contribution in [2.24, 2.45) is 5.41 Å². The normalized spacial score (nSPS) is 17.9. The number of sulfonamides is 1. The Morgan fingerprint density at radius 1 is 1.06 bits per heavy atom. The lowest BCUT2D eigenvalue weighted by atomic mass is 9.86. The molecule has 14 nitrogen and oxygen atoms in total. The summed E-state index contributed by atoms with van der Waals surface area (Å²) < 4.78 is 38.8. The van der Waals surface area contributed by atoms with Crippen LogP contribution in [0.2, 0.25) is 0 Å². The molecule has 2 aliphatic rings. The molecule has 3 heterocycles. The number of unbranched alkanes of at least 4 members (excludes halogenated alkanes) is 1. The first-order chi connectivity index (χ1) is 25.7. The molecular weight excluding hydrogens is 713 g/mol. The fraction of sp³-hybridized carbons (Fsp3) is 0.385. The summed E-state index contributed by atoms with van der Waals surface area (Å²) in [5.41, 5.74) is 0.798. The molecule has 0 aliphatic carbocycles. The first-order valence-corrected chi connectivity index (χ1v) is 19.4. The third-order valence-electron chi connectivity index (χ3n) is 8.22. The second-order valence-electron chi connectivity index (χ2n) is 13.8. The van der Waals surface area contributed by atoms with Gasteiger partial charge in [-0.3, -0.25) is 19.1 Å². The minimum Gasteiger partial charge on any atom is -0.449 e. The van der Waals surface area contributed by atoms with Gasteiger partial charge in [0.2, 0.25) is 27.7 Å². The molecule has 3 aromatic rings. The van der Waals surface area contributed by atoms with Gasteiger partial charge in [-0.05, 0) is 54.9 Å². The number of aromatic nitrogens is 2. The maximum atomic E-state index is 14.0. The van der Waals surface area contributed by atoms with Crippen molar-refractivity contribution in [2.45, 2.75) is 77.9 Å². The quantitative estimate of drug-likeness (QED) is 0.146. The Bertz CT molecular complexity index is 1930. The van der Waals surface area contributed by atoms with Gasteiger partial charge in [-0.1, -0.05) is 88.7 Å². The molecule has 0 spiro atoms. The van der Waals surface area contributed by atoms with Crippen molar-refractivity contribution < 1.29 is 37.1 Å². The largest absolute Gasteiger partial charge is 0.449 e. The van der Waals surface area contributed by atoms with Crippen LogP contribution in [0.15, 0.2) is 79.4 Å². The lowest BCUT2D eigenvalue weighted by Gasteiger charge is -2.32. The van der Waals surface area contributed by atoms with E-state index in [1.165, 1.54) is 0 Å². The number of benzene rings is 2. The van der Waals surface area contributed by atoms with Crippen LogP contribution in [0.1, 0.15) is 77.1 Å². The smallest absolute Gasteiger partial charge is 0.407 e. The first kappa shape index (κ1) is 41.2. The average molecular weight is 761 g/mol. The Morgan fingerprint density at radius 3 is 2.44 bits per heavy atom. The minimum atomic E-state index is -3.98. The number of fused-ring (bicyclic) bond motifs is 11. The lowest BCUT2D eigenvalue weighted by molar-refractivity contribution is -0.133. The molecule has 15 heteroatoms. The summed E-state index contributed by atoms with van der Waals surface area (Å²) in [6.07, 6.45) is 5.91. The molecule has 5 rings (SSSR count). The van der Waals surface area contributed by atoms with E-state index in [0.717, 1.165) is 5.56 Å². The molecule has 2 aromatic carbocycles. The number of carbonyl (C=O) groups excluding carboxylic acids is 4. The van der Waals surface area contributed by atoms with Gasteiger partial charge in [0.05, 0.1) is 18.1 Å². The molecule has 0 fully saturated rings. The number of alkyl carbamates (subject to hydrolysis) is 1. The molecule has 54 heavy (non-hydrogen) atoms. The average Bonchev–Trinajstić information content (AvgIpc) is 3.12. The fourth-order valence-electron chi connectivity index (χ4n) is 5.44. The van der Waals surface area contributed by atoms with Crippen LogP contribution in [0.3, 0.4) is 0 Å². The Labute approximate surface area is 316 Å². The van der Waals surface area contributed by atoms with Crippen molar-refractivity contribution in [3.63, 3.8) is 0 Å². The van der Waals surface area contributed by atoms with E-state index in [1.807, 2.05) is 30.3 Å². The number of amides is 4. The van der Waals surface area contributed by atoms with Crippen LogP contribution in [0, 0.1) is 5.41 Å². The number of nitrogens with zero attached hydrogens (tertiary/aromatic N) is 2. The first-order valence-electron chi connectivity index (χ1n) is 17.8. The molecule has 3 atom stereocenters. The van der Waals surface area contributed by atoms with Crippen LogP contribution >= 0.6 is 0 Å². The maximum Gasteiger partial charge on any atom is 0.407 e. The van der Waals surface area contributed by atoms with Gasteiger partial charge in [0, 0.05) is 11.6 Å². The molecular formula is C39H48N6O8S. The van der Waals surface area contributed by atoms with Crippen LogP contribution in [-0.4, -0.2) is 66.6 Å². The molecule has 4 amide bonds. The minimum absolute atomic E-state index is 0.000375. The number of nitrogens with one attached hydrogen (secondary N) is 4. The Kier molecular flexibility index (Phi) is 14.5. The van der Waals surface area contributed by atoms with Gasteiger partial charge >= 0.3 is 6.09 Å². The zero-order valence-electron chi connectivity index (χ0n) is 31.0. The summed E-state index contributed by atoms with van der Waals surface area (Å²) in [4.78, 5) is 63.3. The number of hydrogen-bond acceptors (Lipinski definition) is 10. The molecule has 288 valence electrons. The van der Waals surface area contributed by atoms with Crippen molar-refractivity contribution in [2.75, 3.05) is 12.4 Å². The number of ether oxygens (including phenoxy) is 2. The highest BCUT2D eigenvalue weighted by molar-refractivity contribution is 7.90. The van der Waals surface area contributed by atoms with E-state index in [1.54, 1.807) is 76.3 Å². The van der Waals surface area contributed by atoms with Crippen molar-refractivity contribution in [3.05, 3.63) is 90.7 Å². The van der Waals surface area contributed by atoms with Crippen LogP contribution < -0.4 is 25.4 Å². The third kappa shape index (κ3) is 12.3. The molecule has 4 bridgehead atoms. The Hall–Kier alpha value is -5.57. The monoisotopic (exact) mass is 760 g/mol. The maximum absolute atomic E-state index is 14.0. The van der Waals surface area contributed by atoms with Crippen molar-refractivity contribution in [1.82, 2.24) is 30.6 Å². The van der Waals surface area contributed by atoms with Gasteiger partial charge in [0.15, 0.2) is 5.82 Å². The predicted molar refractivity (Wildman–Crippen MR) is 204 cm³/mol. The molecule has 0 radical (unpaired) electrons. The summed E-state index contributed by atoms with van der Waals surface area (Å²) in [7, 11) is -3.98. The van der Waals surface area contributed by atoms with Gasteiger partial charge in [-0.2, -0.15) is 4.98 Å². The summed E-state index contributed by atoms with van der Waals surface area (Å²) in [5, 5.41) is 7.99. The van der Waals surface area contributed by atoms with Gasteiger partial charge in [-0.15, -0.1) is 6.58 Å². The molecule has 0 saturated carbocycles. The second-order valence-corrected chi connectivity index (χ2v) is 15.6. The van der Waals surface area contributed by atoms with Gasteiger partial charge < -0.3 is 25.4 Å². The van der Waals surface area contributed by atoms with Crippen molar-refractivity contribution in [3.8, 4) is 23.0 Å². The van der Waals surface area contributed by atoms with Crippen molar-refractivity contribution in [1.29, 1.82) is 0 Å². The highest BCUT2D eigenvalue weighted by Gasteiger charge is 2.37. The summed E-state index contributed by atoms with van der Waals surface area (Å²) in [6, 6.07) is 13.6. The topological polar surface area (TPSA) is 195 Å². The van der Waals surface area contributed by atoms with Crippen LogP contribution in [0.25, 0.3) is 17.5 Å². The van der Waals surface area contributed by atoms with E-state index in [-0.39, 0.29) is 31.1 Å². The van der Waals surface area contributed by atoms with Crippen LogP contribution in [-0.2, 0) is 29.1 Å². The van der Waals surface area contributed by atoms with Crippen molar-refractivity contribution >= 4 is 39.9 Å². The van der Waals surface area contributed by atoms with Crippen LogP contribution in [0.5, 0.6) is 11.6 Å². The predicted octanol–water partition coefficient (Wildman–Crippen LogP) is 5.35. The van der Waals surface area contributed by atoms with E-state index < -0.39 is 57.4 Å². The molecule has 2 aliphatic heterocycles. The van der Waals surface area contributed by atoms with E-state index in [4.69, 9.17) is 9.47 Å². The number of hydrogen-bond donors (Lipinski definition) is 4. The fourth-order valence-corrected chi connectivity index (χ4v) is 6.53. The number of rotatable bonds is 11. The summed E-state index contributed by atoms with van der Waals surface area (Å²) in [6.45, 7) is 10.6. The Morgan fingerprint density at radius 2 is 1.78 bits per heavy atom. The van der Waals surface area contributed by atoms with E-state index in [2.05, 4.69) is 37.2 Å². The standard InChI is InChI=1S/C39H48N6O8S/c1-6-8-14-24-54(50,51)45-35(46)30(15-7-2)41-36(47)32-26-19-21-29(22-20-26)53-31-25-28(40-34(42-31)27-16-10-9-11-17-27)18-12-13-23-52-38(49)44-33(37(48)43-32)39(3,4)5/h6,9-12,16-22,25,30,32-33H,1,7-8,13-15,23-24H2,2-5H3,(H,41,47)(H,43,48)(H,44,49)(H,45,46)/b18-12+/t30-,32-,33+/m0/s1. The Balaban J connectivity index is 1.70. The second kappa shape index (κ2) is 19.0. The SMILES string of the molecule is C=CCCCS(=O)(=O)NC(=O)[C@H](CCC)NC(=O)[C@H]1NC(=O)[C@H](C(C)(C)C)NC(=O)OCC/C=C/c2cc(nc(-c3ccccc3)n2)Oc2ccc1cc2. The van der Waals surface area contributed by atoms with E-state index in [9.17, 15) is 27.6 Å². The highest BCUT2D eigenvalue weighted by Crippen LogP contribution is 2.27. The van der Waals surface area contributed by atoms with E-state index >= 15 is 0 Å². The summed E-state index contributed by atoms with van der Waals surface area (Å²) in [5.74, 6) is -1.64. The number of carbonyl (C=O) groups is 4. The third-order valence-corrected chi connectivity index (χ3v) is 9.56. The number of allylic oxidation sites excluding steroid dienone is 1. The zero-order chi connectivity index (χ0) is 39.3. The lowest BCUT2D eigenvalue weighted by Crippen LogP contribution is -2.57. The van der Waals surface area contributed by atoms with Gasteiger partial charge in [-0.25, -0.2) is 18.2 Å². The highest BCUT2D eigenvalue weighted by atomic mass is 32.2. The van der Waals surface area contributed by atoms with Gasteiger partial charge in [0.1, 0.15) is 23.9 Å². The molecule has 0 saturated heterocycles. The van der Waals surface area contributed by atoms with Gasteiger partial charge in [0.25, 0.3) is 5.91 Å². The summed E-state index contributed by atoms with van der Waals surface area (Å²) >= 11 is 0. The van der Waals surface area contributed by atoms with E-state index in [0.29, 0.717) is 42.1 Å². The zero-order valence-corrected chi connectivity index (χ0v) is 31.8.